The van der Waals surface area contributed by atoms with Gasteiger partial charge in [0.25, 0.3) is 5.95 Å². The Hall–Kier alpha value is -2.54. The Morgan fingerprint density at radius 1 is 1.40 bits per heavy atom. The molecule has 0 aliphatic rings. The number of nitrogens with two attached hydrogens (primary N) is 1. The van der Waals surface area contributed by atoms with E-state index >= 15 is 0 Å². The second kappa shape index (κ2) is 5.62. The molecule has 104 valence electrons. The number of aryl methyl sites for hydroxylation is 1. The first kappa shape index (κ1) is 13.9. The number of para-hydroxylation sites is 1. The molecular weight excluding hydrogens is 278 g/mol. The fourth-order valence-corrected chi connectivity index (χ4v) is 1.94. The molecule has 0 aliphatic heterocycles. The third kappa shape index (κ3) is 2.43. The van der Waals surface area contributed by atoms with Crippen molar-refractivity contribution in [2.45, 2.75) is 6.92 Å². The van der Waals surface area contributed by atoms with Crippen LogP contribution in [0.2, 0.25) is 0 Å². The molecular formula is C12H13ClN7-. The Morgan fingerprint density at radius 3 is 2.95 bits per heavy atom. The molecule has 0 unspecified atom stereocenters. The summed E-state index contributed by atoms with van der Waals surface area (Å²) in [5.74, 6) is 5.95. The highest BCUT2D eigenvalue weighted by molar-refractivity contribution is 6.00. The van der Waals surface area contributed by atoms with Crippen molar-refractivity contribution >= 4 is 23.1 Å². The van der Waals surface area contributed by atoms with Crippen molar-refractivity contribution in [1.82, 2.24) is 19.9 Å². The van der Waals surface area contributed by atoms with Gasteiger partial charge in [-0.15, -0.1) is 10.2 Å². The van der Waals surface area contributed by atoms with E-state index in [1.165, 1.54) is 11.0 Å². The summed E-state index contributed by atoms with van der Waals surface area (Å²) in [7, 11) is 0. The molecule has 3 aromatic rings. The standard InChI is InChI=1S/C12H13N7.ClH/c1-8-10(9-4-2-3-5-11(9)16-8)6-14-17-12-18-15-7-19(12)13;/h2-7,16H,13H2,1H3,(H,17,18);1H/p-1. The number of hydrogen-bond donors (Lipinski definition) is 3. The quantitative estimate of drug-likeness (QED) is 0.302. The van der Waals surface area contributed by atoms with E-state index in [0.29, 0.717) is 5.95 Å². The van der Waals surface area contributed by atoms with Gasteiger partial charge in [0.1, 0.15) is 6.33 Å². The number of nitrogens with zero attached hydrogens (tertiary/aromatic N) is 4. The number of anilines is 1. The molecule has 20 heavy (non-hydrogen) atoms. The van der Waals surface area contributed by atoms with Crippen LogP contribution >= 0.6 is 0 Å². The first-order valence-corrected chi connectivity index (χ1v) is 5.77. The summed E-state index contributed by atoms with van der Waals surface area (Å²) < 4.78 is 1.26. The van der Waals surface area contributed by atoms with E-state index in [0.717, 1.165) is 22.2 Å². The minimum absolute atomic E-state index is 0. The molecule has 2 heterocycles. The molecule has 0 amide bonds. The van der Waals surface area contributed by atoms with Crippen LogP contribution in [-0.2, 0) is 0 Å². The van der Waals surface area contributed by atoms with Crippen molar-refractivity contribution in [3.63, 3.8) is 0 Å². The van der Waals surface area contributed by atoms with Crippen LogP contribution < -0.4 is 23.7 Å². The van der Waals surface area contributed by atoms with Crippen LogP contribution in [-0.4, -0.2) is 26.1 Å². The molecule has 4 N–H and O–H groups in total. The molecule has 0 aliphatic carbocycles. The van der Waals surface area contributed by atoms with Gasteiger partial charge < -0.3 is 23.2 Å². The Morgan fingerprint density at radius 2 is 2.20 bits per heavy atom. The lowest BCUT2D eigenvalue weighted by molar-refractivity contribution is -0.00000407. The molecule has 0 fully saturated rings. The molecule has 2 aromatic heterocycles. The maximum Gasteiger partial charge on any atom is 0.263 e. The van der Waals surface area contributed by atoms with Crippen molar-refractivity contribution in [1.29, 1.82) is 0 Å². The average Bonchev–Trinajstić information content (AvgIpc) is 2.94. The molecule has 0 bridgehead atoms. The van der Waals surface area contributed by atoms with Gasteiger partial charge in [-0.2, -0.15) is 5.10 Å². The normalized spacial score (nSPS) is 10.8. The summed E-state index contributed by atoms with van der Waals surface area (Å²) in [5.41, 5.74) is 5.92. The minimum atomic E-state index is 0. The number of H-pyrrole nitrogens is 1. The number of hydrazone groups is 1. The van der Waals surface area contributed by atoms with Gasteiger partial charge in [-0.25, -0.2) is 10.1 Å². The maximum atomic E-state index is 5.57. The van der Waals surface area contributed by atoms with Gasteiger partial charge in [0, 0.05) is 22.2 Å². The van der Waals surface area contributed by atoms with Crippen LogP contribution in [0.1, 0.15) is 11.3 Å². The molecule has 0 saturated carbocycles. The molecule has 0 saturated heterocycles. The van der Waals surface area contributed by atoms with Crippen LogP contribution in [0.5, 0.6) is 0 Å². The summed E-state index contributed by atoms with van der Waals surface area (Å²) >= 11 is 0. The maximum absolute atomic E-state index is 5.57. The first-order chi connectivity index (χ1) is 9.25. The lowest BCUT2D eigenvalue weighted by Crippen LogP contribution is -3.00. The number of benzene rings is 1. The number of aromatic nitrogens is 4. The zero-order valence-electron chi connectivity index (χ0n) is 10.7. The first-order valence-electron chi connectivity index (χ1n) is 5.77. The van der Waals surface area contributed by atoms with Crippen molar-refractivity contribution in [3.8, 4) is 0 Å². The van der Waals surface area contributed by atoms with Gasteiger partial charge >= 0.3 is 0 Å². The number of aromatic amines is 1. The van der Waals surface area contributed by atoms with E-state index in [9.17, 15) is 0 Å². The highest BCUT2D eigenvalue weighted by atomic mass is 35.5. The number of fused-ring (bicyclic) bond motifs is 1. The van der Waals surface area contributed by atoms with Crippen molar-refractivity contribution in [3.05, 3.63) is 41.9 Å². The third-order valence-corrected chi connectivity index (χ3v) is 2.87. The van der Waals surface area contributed by atoms with E-state index in [-0.39, 0.29) is 12.4 Å². The largest absolute Gasteiger partial charge is 1.00 e. The summed E-state index contributed by atoms with van der Waals surface area (Å²) in [5, 5.41) is 12.7. The highest BCUT2D eigenvalue weighted by Gasteiger charge is 2.05. The molecule has 7 nitrogen and oxygen atoms in total. The summed E-state index contributed by atoms with van der Waals surface area (Å²) in [6.45, 7) is 2.01. The number of rotatable bonds is 3. The number of nitrogen functional groups attached to an aromatic ring is 1. The predicted octanol–water partition coefficient (Wildman–Crippen LogP) is -1.77. The van der Waals surface area contributed by atoms with E-state index in [4.69, 9.17) is 5.84 Å². The Labute approximate surface area is 121 Å². The average molecular weight is 291 g/mol. The second-order valence-electron chi connectivity index (χ2n) is 4.14. The van der Waals surface area contributed by atoms with E-state index in [2.05, 4.69) is 25.7 Å². The lowest BCUT2D eigenvalue weighted by atomic mass is 10.1. The van der Waals surface area contributed by atoms with Gasteiger partial charge in [0.15, 0.2) is 0 Å². The predicted molar refractivity (Wildman–Crippen MR) is 74.4 cm³/mol. The summed E-state index contributed by atoms with van der Waals surface area (Å²) in [6.07, 6.45) is 3.14. The van der Waals surface area contributed by atoms with Crippen LogP contribution in [0, 0.1) is 6.92 Å². The van der Waals surface area contributed by atoms with Crippen molar-refractivity contribution in [2.75, 3.05) is 11.3 Å². The van der Waals surface area contributed by atoms with Crippen molar-refractivity contribution < 1.29 is 12.4 Å². The Balaban J connectivity index is 0.00000147. The van der Waals surface area contributed by atoms with Crippen LogP contribution in [0.15, 0.2) is 35.7 Å². The zero-order chi connectivity index (χ0) is 13.2. The fourth-order valence-electron chi connectivity index (χ4n) is 1.94. The van der Waals surface area contributed by atoms with Gasteiger partial charge in [0.2, 0.25) is 0 Å². The summed E-state index contributed by atoms with van der Waals surface area (Å²) in [4.78, 5) is 3.31. The molecule has 0 spiro atoms. The molecule has 0 atom stereocenters. The van der Waals surface area contributed by atoms with Gasteiger partial charge in [-0.05, 0) is 13.0 Å². The SMILES string of the molecule is Cc1[nH]c2ccccc2c1C=NNc1nncn1N.[Cl-]. The minimum Gasteiger partial charge on any atom is -1.00 e. The molecule has 3 rings (SSSR count). The smallest absolute Gasteiger partial charge is 0.263 e. The summed E-state index contributed by atoms with van der Waals surface area (Å²) in [6, 6.07) is 8.07. The van der Waals surface area contributed by atoms with Gasteiger partial charge in [-0.3, -0.25) is 0 Å². The molecule has 0 radical (unpaired) electrons. The Bertz CT molecular complexity index is 743. The van der Waals surface area contributed by atoms with Gasteiger partial charge in [-0.1, -0.05) is 18.2 Å². The molecule has 1 aromatic carbocycles. The van der Waals surface area contributed by atoms with E-state index in [1.807, 2.05) is 31.2 Å². The van der Waals surface area contributed by atoms with E-state index < -0.39 is 0 Å². The van der Waals surface area contributed by atoms with Gasteiger partial charge in [0.05, 0.1) is 6.21 Å². The number of hydrogen-bond acceptors (Lipinski definition) is 5. The number of nitrogens with one attached hydrogen (secondary N) is 2. The second-order valence-corrected chi connectivity index (χ2v) is 4.14. The fraction of sp³-hybridized carbons (Fsp3) is 0.0833. The van der Waals surface area contributed by atoms with E-state index in [1.54, 1.807) is 6.21 Å². The van der Waals surface area contributed by atoms with Crippen molar-refractivity contribution in [2.24, 2.45) is 5.10 Å². The van der Waals surface area contributed by atoms with Crippen LogP contribution in [0.4, 0.5) is 5.95 Å². The Kier molecular flexibility index (Phi) is 3.90. The highest BCUT2D eigenvalue weighted by Crippen LogP contribution is 2.19. The topological polar surface area (TPSA) is 96.9 Å². The third-order valence-electron chi connectivity index (χ3n) is 2.87. The van der Waals surface area contributed by atoms with Crippen LogP contribution in [0.25, 0.3) is 10.9 Å². The lowest BCUT2D eigenvalue weighted by Gasteiger charge is -1.97. The zero-order valence-corrected chi connectivity index (χ0v) is 11.5. The number of halogens is 1. The molecule has 8 heteroatoms. The van der Waals surface area contributed by atoms with Crippen LogP contribution in [0.3, 0.4) is 0 Å². The monoisotopic (exact) mass is 290 g/mol.